The van der Waals surface area contributed by atoms with Crippen molar-refractivity contribution in [2.45, 2.75) is 11.4 Å². The zero-order valence-corrected chi connectivity index (χ0v) is 15.7. The van der Waals surface area contributed by atoms with Crippen molar-refractivity contribution in [1.82, 2.24) is 4.72 Å². The Balaban J connectivity index is 2.19. The molecule has 2 aromatic rings. The normalized spacial score (nSPS) is 11.6. The first kappa shape index (κ1) is 16.2. The minimum absolute atomic E-state index is 0.212. The fourth-order valence-electron chi connectivity index (χ4n) is 1.54. The van der Waals surface area contributed by atoms with Crippen molar-refractivity contribution in [3.05, 3.63) is 61.4 Å². The molecular formula is C13H10Br3NO2S. The van der Waals surface area contributed by atoms with E-state index in [2.05, 4.69) is 52.5 Å². The molecule has 1 N–H and O–H groups in total. The highest BCUT2D eigenvalue weighted by molar-refractivity contribution is 9.11. The minimum atomic E-state index is -3.56. The molecule has 0 saturated carbocycles. The van der Waals surface area contributed by atoms with Crippen LogP contribution in [0.3, 0.4) is 0 Å². The first-order valence-electron chi connectivity index (χ1n) is 5.58. The second-order valence-electron chi connectivity index (χ2n) is 4.03. The molecule has 2 aromatic carbocycles. The number of sulfonamides is 1. The van der Waals surface area contributed by atoms with Crippen LogP contribution in [0.2, 0.25) is 0 Å². The maximum atomic E-state index is 12.3. The Bertz CT molecular complexity index is 715. The van der Waals surface area contributed by atoms with Crippen molar-refractivity contribution >= 4 is 57.8 Å². The van der Waals surface area contributed by atoms with Gasteiger partial charge in [0.2, 0.25) is 10.0 Å². The Morgan fingerprint density at radius 2 is 1.50 bits per heavy atom. The van der Waals surface area contributed by atoms with Crippen LogP contribution in [0, 0.1) is 0 Å². The summed E-state index contributed by atoms with van der Waals surface area (Å²) in [4.78, 5) is 0.212. The van der Waals surface area contributed by atoms with E-state index in [9.17, 15) is 8.42 Å². The van der Waals surface area contributed by atoms with Crippen molar-refractivity contribution in [2.24, 2.45) is 0 Å². The summed E-state index contributed by atoms with van der Waals surface area (Å²) < 4.78 is 29.3. The van der Waals surface area contributed by atoms with Crippen LogP contribution >= 0.6 is 47.8 Å². The van der Waals surface area contributed by atoms with E-state index in [4.69, 9.17) is 0 Å². The average molecular weight is 484 g/mol. The first-order chi connectivity index (χ1) is 9.38. The van der Waals surface area contributed by atoms with Crippen LogP contribution < -0.4 is 4.72 Å². The van der Waals surface area contributed by atoms with Crippen LogP contribution in [0.5, 0.6) is 0 Å². The molecule has 0 unspecified atom stereocenters. The van der Waals surface area contributed by atoms with E-state index in [0.717, 1.165) is 10.0 Å². The van der Waals surface area contributed by atoms with Crippen molar-refractivity contribution in [3.8, 4) is 0 Å². The summed E-state index contributed by atoms with van der Waals surface area (Å²) in [5.41, 5.74) is 0.892. The third kappa shape index (κ3) is 4.14. The predicted molar refractivity (Wildman–Crippen MR) is 90.0 cm³/mol. The largest absolute Gasteiger partial charge is 0.242 e. The summed E-state index contributed by atoms with van der Waals surface area (Å²) in [5.74, 6) is 0. The standard InChI is InChI=1S/C13H10Br3NO2S/c14-10-3-1-9(2-4-10)8-17-20(18,19)13-7-11(15)5-6-12(13)16/h1-7,17H,8H2. The van der Waals surface area contributed by atoms with Crippen LogP contribution in [-0.2, 0) is 16.6 Å². The Morgan fingerprint density at radius 3 is 2.15 bits per heavy atom. The number of hydrogen-bond donors (Lipinski definition) is 1. The quantitative estimate of drug-likeness (QED) is 0.698. The van der Waals surface area contributed by atoms with Crippen LogP contribution in [0.1, 0.15) is 5.56 Å². The van der Waals surface area contributed by atoms with E-state index < -0.39 is 10.0 Å². The van der Waals surface area contributed by atoms with Gasteiger partial charge in [-0.15, -0.1) is 0 Å². The Kier molecular flexibility index (Phi) is 5.42. The van der Waals surface area contributed by atoms with Gasteiger partial charge >= 0.3 is 0 Å². The fourth-order valence-corrected chi connectivity index (χ4v) is 4.32. The van der Waals surface area contributed by atoms with Gasteiger partial charge in [0.05, 0.1) is 4.90 Å². The van der Waals surface area contributed by atoms with Gasteiger partial charge in [0.1, 0.15) is 0 Å². The Labute approximate surface area is 143 Å². The molecule has 0 radical (unpaired) electrons. The van der Waals surface area contributed by atoms with E-state index >= 15 is 0 Å². The average Bonchev–Trinajstić information content (AvgIpc) is 2.41. The summed E-state index contributed by atoms with van der Waals surface area (Å²) in [6.07, 6.45) is 0. The lowest BCUT2D eigenvalue weighted by molar-refractivity contribution is 0.581. The van der Waals surface area contributed by atoms with Gasteiger partial charge in [-0.1, -0.05) is 44.0 Å². The van der Waals surface area contributed by atoms with Gasteiger partial charge in [-0.05, 0) is 51.8 Å². The summed E-state index contributed by atoms with van der Waals surface area (Å²) in [6.45, 7) is 0.245. The van der Waals surface area contributed by atoms with Gasteiger partial charge in [-0.3, -0.25) is 0 Å². The molecule has 20 heavy (non-hydrogen) atoms. The SMILES string of the molecule is O=S(=O)(NCc1ccc(Br)cc1)c1cc(Br)ccc1Br. The van der Waals surface area contributed by atoms with Gasteiger partial charge in [0, 0.05) is 20.0 Å². The topological polar surface area (TPSA) is 46.2 Å². The Hall–Kier alpha value is -0.210. The molecule has 2 rings (SSSR count). The zero-order valence-electron chi connectivity index (χ0n) is 10.1. The summed E-state index contributed by atoms with van der Waals surface area (Å²) in [5, 5.41) is 0. The molecule has 0 heterocycles. The molecule has 0 atom stereocenters. The van der Waals surface area contributed by atoms with Crippen LogP contribution in [0.15, 0.2) is 60.8 Å². The van der Waals surface area contributed by atoms with Gasteiger partial charge in [-0.25, -0.2) is 13.1 Å². The smallest absolute Gasteiger partial charge is 0.207 e. The van der Waals surface area contributed by atoms with Gasteiger partial charge in [0.15, 0.2) is 0 Å². The molecule has 0 aliphatic rings. The van der Waals surface area contributed by atoms with E-state index in [-0.39, 0.29) is 11.4 Å². The highest BCUT2D eigenvalue weighted by Gasteiger charge is 2.17. The van der Waals surface area contributed by atoms with Crippen LogP contribution in [0.4, 0.5) is 0 Å². The molecule has 0 fully saturated rings. The third-order valence-corrected chi connectivity index (χ3v) is 5.98. The monoisotopic (exact) mass is 481 g/mol. The van der Waals surface area contributed by atoms with Crippen LogP contribution in [0.25, 0.3) is 0 Å². The molecule has 3 nitrogen and oxygen atoms in total. The molecule has 106 valence electrons. The van der Waals surface area contributed by atoms with E-state index in [1.54, 1.807) is 18.2 Å². The van der Waals surface area contributed by atoms with E-state index in [0.29, 0.717) is 8.95 Å². The minimum Gasteiger partial charge on any atom is -0.207 e. The van der Waals surface area contributed by atoms with Gasteiger partial charge < -0.3 is 0 Å². The maximum absolute atomic E-state index is 12.3. The van der Waals surface area contributed by atoms with Crippen molar-refractivity contribution < 1.29 is 8.42 Å². The van der Waals surface area contributed by atoms with Crippen molar-refractivity contribution in [3.63, 3.8) is 0 Å². The molecule has 0 aliphatic carbocycles. The molecular weight excluding hydrogens is 474 g/mol. The van der Waals surface area contributed by atoms with Crippen molar-refractivity contribution in [2.75, 3.05) is 0 Å². The number of halogens is 3. The van der Waals surface area contributed by atoms with Crippen LogP contribution in [-0.4, -0.2) is 8.42 Å². The lowest BCUT2D eigenvalue weighted by atomic mass is 10.2. The van der Waals surface area contributed by atoms with Gasteiger partial charge in [0.25, 0.3) is 0 Å². The highest BCUT2D eigenvalue weighted by Crippen LogP contribution is 2.25. The highest BCUT2D eigenvalue weighted by atomic mass is 79.9. The van der Waals surface area contributed by atoms with E-state index in [1.165, 1.54) is 0 Å². The number of nitrogens with one attached hydrogen (secondary N) is 1. The first-order valence-corrected chi connectivity index (χ1v) is 9.44. The maximum Gasteiger partial charge on any atom is 0.242 e. The third-order valence-electron chi connectivity index (χ3n) is 2.56. The molecule has 0 saturated heterocycles. The summed E-state index contributed by atoms with van der Waals surface area (Å²) >= 11 is 9.87. The summed E-state index contributed by atoms with van der Waals surface area (Å²) in [7, 11) is -3.56. The second-order valence-corrected chi connectivity index (χ2v) is 8.45. The number of benzene rings is 2. The van der Waals surface area contributed by atoms with Gasteiger partial charge in [-0.2, -0.15) is 0 Å². The molecule has 0 bridgehead atoms. The molecule has 0 amide bonds. The number of rotatable bonds is 4. The Morgan fingerprint density at radius 1 is 0.900 bits per heavy atom. The lowest BCUT2D eigenvalue weighted by Crippen LogP contribution is -2.23. The second kappa shape index (κ2) is 6.70. The van der Waals surface area contributed by atoms with E-state index in [1.807, 2.05) is 24.3 Å². The summed E-state index contributed by atoms with van der Waals surface area (Å²) in [6, 6.07) is 12.5. The lowest BCUT2D eigenvalue weighted by Gasteiger charge is -2.09. The molecule has 0 aromatic heterocycles. The molecule has 0 aliphatic heterocycles. The van der Waals surface area contributed by atoms with Crippen molar-refractivity contribution in [1.29, 1.82) is 0 Å². The molecule has 0 spiro atoms. The number of hydrogen-bond acceptors (Lipinski definition) is 2. The molecule has 7 heteroatoms. The zero-order chi connectivity index (χ0) is 14.8. The predicted octanol–water partition coefficient (Wildman–Crippen LogP) is 4.45. The fraction of sp³-hybridized carbons (Fsp3) is 0.0769.